The van der Waals surface area contributed by atoms with Gasteiger partial charge in [-0.2, -0.15) is 5.10 Å². The largest absolute Gasteiger partial charge is 0.274 e. The Morgan fingerprint density at radius 1 is 1.17 bits per heavy atom. The summed E-state index contributed by atoms with van der Waals surface area (Å²) in [5.74, 6) is 0.735. The van der Waals surface area contributed by atoms with E-state index in [1.165, 1.54) is 0 Å². The second kappa shape index (κ2) is 5.35. The summed E-state index contributed by atoms with van der Waals surface area (Å²) in [6, 6.07) is 3.84. The van der Waals surface area contributed by atoms with Crippen LogP contribution in [0.5, 0.6) is 0 Å². The van der Waals surface area contributed by atoms with E-state index in [4.69, 9.17) is 0 Å². The van der Waals surface area contributed by atoms with Crippen LogP contribution in [0.1, 0.15) is 19.7 Å². The molecule has 0 aromatic carbocycles. The van der Waals surface area contributed by atoms with E-state index in [2.05, 4.69) is 25.1 Å². The van der Waals surface area contributed by atoms with Crippen molar-refractivity contribution in [1.29, 1.82) is 0 Å². The molecular weight excluding hydrogens is 226 g/mol. The third-order valence-corrected chi connectivity index (χ3v) is 2.36. The van der Waals surface area contributed by atoms with Crippen LogP contribution in [-0.4, -0.2) is 25.1 Å². The Morgan fingerprint density at radius 3 is 2.72 bits per heavy atom. The van der Waals surface area contributed by atoms with Gasteiger partial charge in [0.25, 0.3) is 0 Å². The highest BCUT2D eigenvalue weighted by Crippen LogP contribution is 2.22. The van der Waals surface area contributed by atoms with E-state index in [0.717, 1.165) is 28.1 Å². The predicted molar refractivity (Wildman–Crippen MR) is 71.0 cm³/mol. The molecule has 0 fully saturated rings. The van der Waals surface area contributed by atoms with Crippen molar-refractivity contribution >= 4 is 11.0 Å². The van der Waals surface area contributed by atoms with Crippen molar-refractivity contribution in [3.05, 3.63) is 36.5 Å². The summed E-state index contributed by atoms with van der Waals surface area (Å²) >= 11 is 0. The molecule has 0 saturated heterocycles. The van der Waals surface area contributed by atoms with E-state index >= 15 is 0 Å². The Hall–Kier alpha value is -2.30. The van der Waals surface area contributed by atoms with Crippen LogP contribution in [0.4, 0.5) is 0 Å². The molecule has 0 radical (unpaired) electrons. The highest BCUT2D eigenvalue weighted by molar-refractivity contribution is 5.88. The Kier molecular flexibility index (Phi) is 3.62. The summed E-state index contributed by atoms with van der Waals surface area (Å²) in [6.45, 7) is 5.86. The first-order valence-corrected chi connectivity index (χ1v) is 5.93. The summed E-state index contributed by atoms with van der Waals surface area (Å²) < 4.78 is 0. The fraction of sp³-hybridized carbons (Fsp3) is 0.231. The smallest absolute Gasteiger partial charge is 0.126 e. The number of pyridine rings is 1. The minimum Gasteiger partial charge on any atom is -0.274 e. The van der Waals surface area contributed by atoms with Gasteiger partial charge in [-0.1, -0.05) is 13.8 Å². The topological polar surface area (TPSA) is 67.3 Å². The predicted octanol–water partition coefficient (Wildman–Crippen LogP) is 2.75. The van der Waals surface area contributed by atoms with Crippen molar-refractivity contribution in [2.45, 2.75) is 20.8 Å². The number of nitrogens with one attached hydrogen (secondary N) is 1. The molecule has 3 rings (SSSR count). The van der Waals surface area contributed by atoms with E-state index in [-0.39, 0.29) is 0 Å². The summed E-state index contributed by atoms with van der Waals surface area (Å²) in [4.78, 5) is 12.6. The summed E-state index contributed by atoms with van der Waals surface area (Å²) in [5, 5.41) is 7.15. The molecule has 0 atom stereocenters. The molecule has 0 amide bonds. The zero-order valence-electron chi connectivity index (χ0n) is 10.7. The minimum absolute atomic E-state index is 0.735. The number of nitrogens with zero attached hydrogens (tertiary/aromatic N) is 4. The fourth-order valence-electron chi connectivity index (χ4n) is 1.61. The second-order valence-electron chi connectivity index (χ2n) is 3.49. The third-order valence-electron chi connectivity index (χ3n) is 2.36. The maximum Gasteiger partial charge on any atom is 0.126 e. The van der Waals surface area contributed by atoms with E-state index in [1.807, 2.05) is 32.9 Å². The van der Waals surface area contributed by atoms with Gasteiger partial charge in [0.05, 0.1) is 6.20 Å². The molecule has 5 heteroatoms. The van der Waals surface area contributed by atoms with Crippen molar-refractivity contribution in [3.63, 3.8) is 0 Å². The molecule has 1 N–H and O–H groups in total. The van der Waals surface area contributed by atoms with Gasteiger partial charge in [-0.05, 0) is 19.1 Å². The Labute approximate surface area is 105 Å². The van der Waals surface area contributed by atoms with E-state index in [0.29, 0.717) is 0 Å². The molecule has 0 unspecified atom stereocenters. The number of hydrogen-bond acceptors (Lipinski definition) is 4. The average molecular weight is 241 g/mol. The van der Waals surface area contributed by atoms with Crippen molar-refractivity contribution in [2.24, 2.45) is 0 Å². The van der Waals surface area contributed by atoms with Gasteiger partial charge >= 0.3 is 0 Å². The first-order valence-electron chi connectivity index (χ1n) is 5.93. The van der Waals surface area contributed by atoms with Gasteiger partial charge < -0.3 is 0 Å². The van der Waals surface area contributed by atoms with Gasteiger partial charge in [0, 0.05) is 18.0 Å². The number of fused-ring (bicyclic) bond motifs is 1. The highest BCUT2D eigenvalue weighted by atomic mass is 15.1. The molecule has 0 bridgehead atoms. The standard InChI is InChI=1S/C11H9N5.C2H6/c1-7-13-6-9-11(14-7)10(16-15-9)8-3-2-4-12-5-8;1-2/h2-6H,1H3,(H,15,16);1-2H3. The molecule has 3 aromatic heterocycles. The molecule has 0 aliphatic heterocycles. The number of aromatic amines is 1. The van der Waals surface area contributed by atoms with Crippen LogP contribution in [0.3, 0.4) is 0 Å². The van der Waals surface area contributed by atoms with Crippen LogP contribution in [0.25, 0.3) is 22.3 Å². The minimum atomic E-state index is 0.735. The number of hydrogen-bond donors (Lipinski definition) is 1. The van der Waals surface area contributed by atoms with Crippen molar-refractivity contribution in [3.8, 4) is 11.3 Å². The number of H-pyrrole nitrogens is 1. The fourth-order valence-corrected chi connectivity index (χ4v) is 1.61. The van der Waals surface area contributed by atoms with Gasteiger partial charge in [0.2, 0.25) is 0 Å². The van der Waals surface area contributed by atoms with Crippen molar-refractivity contribution in [2.75, 3.05) is 0 Å². The van der Waals surface area contributed by atoms with Crippen LogP contribution in [0.15, 0.2) is 30.7 Å². The van der Waals surface area contributed by atoms with E-state index in [1.54, 1.807) is 18.6 Å². The van der Waals surface area contributed by atoms with Gasteiger partial charge in [-0.15, -0.1) is 0 Å². The third kappa shape index (κ3) is 2.20. The molecule has 92 valence electrons. The molecule has 0 saturated carbocycles. The van der Waals surface area contributed by atoms with Gasteiger partial charge in [-0.3, -0.25) is 10.1 Å². The lowest BCUT2D eigenvalue weighted by molar-refractivity contribution is 1.08. The van der Waals surface area contributed by atoms with Gasteiger partial charge in [0.15, 0.2) is 0 Å². The lowest BCUT2D eigenvalue weighted by atomic mass is 10.2. The van der Waals surface area contributed by atoms with Crippen LogP contribution >= 0.6 is 0 Å². The lowest BCUT2D eigenvalue weighted by Crippen LogP contribution is -1.87. The highest BCUT2D eigenvalue weighted by Gasteiger charge is 2.09. The summed E-state index contributed by atoms with van der Waals surface area (Å²) in [6.07, 6.45) is 5.25. The first-order chi connectivity index (χ1) is 8.84. The number of rotatable bonds is 1. The summed E-state index contributed by atoms with van der Waals surface area (Å²) in [5.41, 5.74) is 3.44. The quantitative estimate of drug-likeness (QED) is 0.711. The monoisotopic (exact) mass is 241 g/mol. The zero-order valence-corrected chi connectivity index (χ0v) is 10.7. The molecule has 0 aliphatic rings. The molecular formula is C13H15N5. The van der Waals surface area contributed by atoms with E-state index < -0.39 is 0 Å². The molecule has 3 heterocycles. The Balaban J connectivity index is 0.000000574. The van der Waals surface area contributed by atoms with Crippen LogP contribution in [0, 0.1) is 6.92 Å². The molecule has 0 aliphatic carbocycles. The number of aromatic nitrogens is 5. The van der Waals surface area contributed by atoms with Crippen LogP contribution in [-0.2, 0) is 0 Å². The lowest BCUT2D eigenvalue weighted by Gasteiger charge is -1.96. The second-order valence-corrected chi connectivity index (χ2v) is 3.49. The molecule has 5 nitrogen and oxygen atoms in total. The molecule has 3 aromatic rings. The van der Waals surface area contributed by atoms with Crippen molar-refractivity contribution < 1.29 is 0 Å². The average Bonchev–Trinajstić information content (AvgIpc) is 2.85. The SMILES string of the molecule is CC.Cc1ncc2[nH]nc(-c3cccnc3)c2n1. The molecule has 18 heavy (non-hydrogen) atoms. The van der Waals surface area contributed by atoms with Crippen LogP contribution < -0.4 is 0 Å². The Morgan fingerprint density at radius 2 is 2.00 bits per heavy atom. The number of aryl methyl sites for hydroxylation is 1. The molecule has 0 spiro atoms. The summed E-state index contributed by atoms with van der Waals surface area (Å²) in [7, 11) is 0. The van der Waals surface area contributed by atoms with Gasteiger partial charge in [-0.25, -0.2) is 9.97 Å². The normalized spacial score (nSPS) is 9.94. The first kappa shape index (κ1) is 12.2. The van der Waals surface area contributed by atoms with Gasteiger partial charge in [0.1, 0.15) is 22.6 Å². The maximum atomic E-state index is 4.38. The van der Waals surface area contributed by atoms with E-state index in [9.17, 15) is 0 Å². The van der Waals surface area contributed by atoms with Crippen LogP contribution in [0.2, 0.25) is 0 Å². The Bertz CT molecular complexity index is 630. The maximum absolute atomic E-state index is 4.38. The zero-order chi connectivity index (χ0) is 13.0. The van der Waals surface area contributed by atoms with Crippen molar-refractivity contribution in [1.82, 2.24) is 25.1 Å².